The van der Waals surface area contributed by atoms with Gasteiger partial charge in [-0.1, -0.05) is 12.1 Å². The van der Waals surface area contributed by atoms with Crippen molar-refractivity contribution in [3.63, 3.8) is 0 Å². The molecule has 10 heteroatoms. The Morgan fingerprint density at radius 3 is 2.57 bits per heavy atom. The SMILES string of the molecule is CN(C)S(=O)(=O)Cc1ccc(Nc2nccc(-c3ccc(OC4CCOCC4)c(C#N)c3)n2)cc1. The Balaban J connectivity index is 1.47. The number of rotatable bonds is 8. The fraction of sp³-hybridized carbons (Fsp3) is 0.320. The van der Waals surface area contributed by atoms with Crippen molar-refractivity contribution in [1.29, 1.82) is 5.26 Å². The Kier molecular flexibility index (Phi) is 7.60. The second-order valence-corrected chi connectivity index (χ2v) is 10.6. The lowest BCUT2D eigenvalue weighted by Crippen LogP contribution is -2.26. The van der Waals surface area contributed by atoms with Crippen molar-refractivity contribution in [2.75, 3.05) is 32.6 Å². The highest BCUT2D eigenvalue weighted by Gasteiger charge is 2.18. The van der Waals surface area contributed by atoms with Gasteiger partial charge in [-0.25, -0.2) is 22.7 Å². The highest BCUT2D eigenvalue weighted by Crippen LogP contribution is 2.28. The number of aromatic nitrogens is 2. The van der Waals surface area contributed by atoms with Crippen LogP contribution in [0.15, 0.2) is 54.7 Å². The molecular formula is C25H27N5O4S. The van der Waals surface area contributed by atoms with E-state index in [2.05, 4.69) is 21.4 Å². The van der Waals surface area contributed by atoms with E-state index >= 15 is 0 Å². The molecule has 4 rings (SSSR count). The van der Waals surface area contributed by atoms with Gasteiger partial charge in [0.05, 0.1) is 30.2 Å². The maximum Gasteiger partial charge on any atom is 0.227 e. The molecule has 1 saturated heterocycles. The monoisotopic (exact) mass is 493 g/mol. The van der Waals surface area contributed by atoms with Crippen molar-refractivity contribution in [2.24, 2.45) is 0 Å². The second-order valence-electron chi connectivity index (χ2n) is 8.38. The number of benzene rings is 2. The van der Waals surface area contributed by atoms with Crippen molar-refractivity contribution in [2.45, 2.75) is 24.7 Å². The van der Waals surface area contributed by atoms with Crippen LogP contribution in [-0.2, 0) is 20.5 Å². The zero-order valence-electron chi connectivity index (χ0n) is 19.6. The Morgan fingerprint density at radius 2 is 1.89 bits per heavy atom. The molecule has 35 heavy (non-hydrogen) atoms. The molecule has 9 nitrogen and oxygen atoms in total. The van der Waals surface area contributed by atoms with Gasteiger partial charge in [0.15, 0.2) is 0 Å². The number of nitrogens with zero attached hydrogens (tertiary/aromatic N) is 4. The molecule has 1 fully saturated rings. The molecule has 0 aliphatic carbocycles. The summed E-state index contributed by atoms with van der Waals surface area (Å²) in [5.41, 5.74) is 3.29. The summed E-state index contributed by atoms with van der Waals surface area (Å²) < 4.78 is 36.8. The maximum absolute atomic E-state index is 12.1. The number of sulfonamides is 1. The summed E-state index contributed by atoms with van der Waals surface area (Å²) in [6.45, 7) is 1.33. The van der Waals surface area contributed by atoms with Gasteiger partial charge in [0.1, 0.15) is 17.9 Å². The van der Waals surface area contributed by atoms with Gasteiger partial charge in [0, 0.05) is 44.4 Å². The minimum absolute atomic E-state index is 0.0472. The molecule has 2 aromatic carbocycles. The standard InChI is InChI=1S/C25H27N5O4S/c1-30(2)35(31,32)17-18-3-6-21(7-4-18)28-25-27-12-9-23(29-25)19-5-8-24(20(15-19)16-26)34-22-10-13-33-14-11-22/h3-9,12,15,22H,10-11,13-14,17H2,1-2H3,(H,27,28,29). The third kappa shape index (κ3) is 6.33. The zero-order chi connectivity index (χ0) is 24.8. The summed E-state index contributed by atoms with van der Waals surface area (Å²) in [5, 5.41) is 12.8. The van der Waals surface area contributed by atoms with E-state index in [1.54, 1.807) is 48.7 Å². The van der Waals surface area contributed by atoms with Gasteiger partial charge in [-0.05, 0) is 42.0 Å². The Bertz CT molecular complexity index is 1310. The molecule has 182 valence electrons. The van der Waals surface area contributed by atoms with Gasteiger partial charge in [0.25, 0.3) is 0 Å². The molecule has 0 radical (unpaired) electrons. The Hall–Kier alpha value is -3.52. The highest BCUT2D eigenvalue weighted by molar-refractivity contribution is 7.88. The molecule has 3 aromatic rings. The van der Waals surface area contributed by atoms with E-state index in [9.17, 15) is 13.7 Å². The quantitative estimate of drug-likeness (QED) is 0.505. The largest absolute Gasteiger partial charge is 0.489 e. The first-order valence-electron chi connectivity index (χ1n) is 11.2. The molecule has 0 unspecified atom stereocenters. The van der Waals surface area contributed by atoms with Crippen LogP contribution in [-0.4, -0.2) is 56.1 Å². The lowest BCUT2D eigenvalue weighted by molar-refractivity contribution is 0.0254. The van der Waals surface area contributed by atoms with Crippen molar-refractivity contribution in [3.05, 3.63) is 65.9 Å². The summed E-state index contributed by atoms with van der Waals surface area (Å²) in [4.78, 5) is 8.85. The minimum Gasteiger partial charge on any atom is -0.489 e. The fourth-order valence-corrected chi connectivity index (χ4v) is 4.46. The molecular weight excluding hydrogens is 466 g/mol. The Labute approximate surface area is 205 Å². The number of anilines is 2. The van der Waals surface area contributed by atoms with Crippen LogP contribution in [0.4, 0.5) is 11.6 Å². The van der Waals surface area contributed by atoms with Crippen LogP contribution >= 0.6 is 0 Å². The smallest absolute Gasteiger partial charge is 0.227 e. The van der Waals surface area contributed by atoms with Gasteiger partial charge in [-0.15, -0.1) is 0 Å². The first-order valence-corrected chi connectivity index (χ1v) is 12.8. The number of hydrogen-bond donors (Lipinski definition) is 1. The van der Waals surface area contributed by atoms with E-state index in [0.717, 1.165) is 24.1 Å². The Morgan fingerprint density at radius 1 is 1.14 bits per heavy atom. The highest BCUT2D eigenvalue weighted by atomic mass is 32.2. The predicted molar refractivity (Wildman–Crippen MR) is 133 cm³/mol. The van der Waals surface area contributed by atoms with Crippen molar-refractivity contribution >= 4 is 21.7 Å². The van der Waals surface area contributed by atoms with E-state index in [0.29, 0.717) is 41.7 Å². The molecule has 2 heterocycles. The van der Waals surface area contributed by atoms with Crippen LogP contribution in [0.2, 0.25) is 0 Å². The van der Waals surface area contributed by atoms with Gasteiger partial charge in [-0.2, -0.15) is 5.26 Å². The van der Waals surface area contributed by atoms with E-state index in [4.69, 9.17) is 9.47 Å². The number of nitrogens with one attached hydrogen (secondary N) is 1. The normalized spacial score (nSPS) is 14.5. The van der Waals surface area contributed by atoms with Gasteiger partial charge in [0.2, 0.25) is 16.0 Å². The third-order valence-corrected chi connectivity index (χ3v) is 7.44. The third-order valence-electron chi connectivity index (χ3n) is 5.63. The topological polar surface area (TPSA) is 117 Å². The van der Waals surface area contributed by atoms with E-state index in [-0.39, 0.29) is 11.9 Å². The van der Waals surface area contributed by atoms with Crippen LogP contribution < -0.4 is 10.1 Å². The molecule has 1 aromatic heterocycles. The molecule has 1 aliphatic rings. The molecule has 0 saturated carbocycles. The molecule has 0 amide bonds. The summed E-state index contributed by atoms with van der Waals surface area (Å²) in [5.74, 6) is 0.881. The summed E-state index contributed by atoms with van der Waals surface area (Å²) in [6, 6.07) is 16.5. The number of ether oxygens (including phenoxy) is 2. The maximum atomic E-state index is 12.1. The lowest BCUT2D eigenvalue weighted by Gasteiger charge is -2.23. The molecule has 0 spiro atoms. The molecule has 0 atom stereocenters. The van der Waals surface area contributed by atoms with Gasteiger partial charge < -0.3 is 14.8 Å². The van der Waals surface area contributed by atoms with Gasteiger partial charge >= 0.3 is 0 Å². The number of nitriles is 1. The predicted octanol–water partition coefficient (Wildman–Crippen LogP) is 3.71. The van der Waals surface area contributed by atoms with Crippen molar-refractivity contribution in [1.82, 2.24) is 14.3 Å². The molecule has 1 N–H and O–H groups in total. The summed E-state index contributed by atoms with van der Waals surface area (Å²) in [7, 11) is -0.294. The zero-order valence-corrected chi connectivity index (χ0v) is 20.5. The van der Waals surface area contributed by atoms with Crippen LogP contribution in [0, 0.1) is 11.3 Å². The fourth-order valence-electron chi connectivity index (χ4n) is 3.59. The first kappa shape index (κ1) is 24.6. The van der Waals surface area contributed by atoms with E-state index in [1.807, 2.05) is 6.07 Å². The average molecular weight is 494 g/mol. The van der Waals surface area contributed by atoms with Gasteiger partial charge in [-0.3, -0.25) is 0 Å². The van der Waals surface area contributed by atoms with E-state index < -0.39 is 10.0 Å². The minimum atomic E-state index is -3.33. The van der Waals surface area contributed by atoms with E-state index in [1.165, 1.54) is 18.4 Å². The summed E-state index contributed by atoms with van der Waals surface area (Å²) in [6.07, 6.45) is 3.30. The molecule has 1 aliphatic heterocycles. The second kappa shape index (κ2) is 10.8. The van der Waals surface area contributed by atoms with Crippen molar-refractivity contribution < 1.29 is 17.9 Å². The van der Waals surface area contributed by atoms with Crippen LogP contribution in [0.25, 0.3) is 11.3 Å². The molecule has 0 bridgehead atoms. The van der Waals surface area contributed by atoms with Crippen LogP contribution in [0.3, 0.4) is 0 Å². The number of hydrogen-bond acceptors (Lipinski definition) is 8. The van der Waals surface area contributed by atoms with Crippen LogP contribution in [0.5, 0.6) is 5.75 Å². The first-order chi connectivity index (χ1) is 16.8. The lowest BCUT2D eigenvalue weighted by atomic mass is 10.1. The summed E-state index contributed by atoms with van der Waals surface area (Å²) >= 11 is 0. The average Bonchev–Trinajstić information content (AvgIpc) is 2.86. The van der Waals surface area contributed by atoms with Crippen LogP contribution in [0.1, 0.15) is 24.0 Å². The van der Waals surface area contributed by atoms with Crippen molar-refractivity contribution in [3.8, 4) is 23.1 Å².